The molecular formula is C27H35NO4. The van der Waals surface area contributed by atoms with Crippen LogP contribution in [-0.4, -0.2) is 43.5 Å². The molecule has 1 heterocycles. The summed E-state index contributed by atoms with van der Waals surface area (Å²) in [6.45, 7) is 8.93. The number of carboxylic acids is 1. The first-order valence-corrected chi connectivity index (χ1v) is 11.6. The summed E-state index contributed by atoms with van der Waals surface area (Å²) in [6.07, 6.45) is 6.31. The van der Waals surface area contributed by atoms with Crippen molar-refractivity contribution >= 4 is 17.7 Å². The lowest BCUT2D eigenvalue weighted by molar-refractivity contribution is -0.132. The molecule has 0 aromatic heterocycles. The largest absolute Gasteiger partial charge is 0.491 e. The molecule has 0 aliphatic carbocycles. The standard InChI is InChI=1S/C27H35NO4/c1-4-5-15-31-16-17-32-25-11-8-22(9-12-25)23-10-13-26(28-14-6-7-21(28)3)24(19-23)18-20(2)27(29)30/h8-13,18-19,21H,4-7,14-17H2,1-3H3,(H,29,30)/b20-18+. The van der Waals surface area contributed by atoms with Crippen molar-refractivity contribution in [1.29, 1.82) is 0 Å². The fourth-order valence-corrected chi connectivity index (χ4v) is 4.01. The lowest BCUT2D eigenvalue weighted by Crippen LogP contribution is -2.26. The molecule has 5 heteroatoms. The van der Waals surface area contributed by atoms with Gasteiger partial charge in [-0.25, -0.2) is 4.79 Å². The van der Waals surface area contributed by atoms with Gasteiger partial charge in [0.05, 0.1) is 6.61 Å². The molecule has 2 aromatic carbocycles. The molecule has 0 amide bonds. The van der Waals surface area contributed by atoms with E-state index in [4.69, 9.17) is 9.47 Å². The second-order valence-electron chi connectivity index (χ2n) is 8.43. The van der Waals surface area contributed by atoms with Crippen molar-refractivity contribution in [1.82, 2.24) is 0 Å². The number of hydrogen-bond donors (Lipinski definition) is 1. The van der Waals surface area contributed by atoms with E-state index in [0.29, 0.717) is 24.8 Å². The Hall–Kier alpha value is -2.79. The van der Waals surface area contributed by atoms with Crippen LogP contribution < -0.4 is 9.64 Å². The van der Waals surface area contributed by atoms with Crippen LogP contribution in [0.15, 0.2) is 48.0 Å². The van der Waals surface area contributed by atoms with Crippen molar-refractivity contribution < 1.29 is 19.4 Å². The van der Waals surface area contributed by atoms with E-state index < -0.39 is 5.97 Å². The predicted octanol–water partition coefficient (Wildman–Crippen LogP) is 6.03. The van der Waals surface area contributed by atoms with Crippen molar-refractivity contribution in [2.75, 3.05) is 31.3 Å². The second kappa shape index (κ2) is 11.7. The molecule has 172 valence electrons. The molecule has 1 unspecified atom stereocenters. The highest BCUT2D eigenvalue weighted by atomic mass is 16.5. The fourth-order valence-electron chi connectivity index (χ4n) is 4.01. The van der Waals surface area contributed by atoms with Crippen molar-refractivity contribution in [2.45, 2.75) is 52.5 Å². The van der Waals surface area contributed by atoms with Gasteiger partial charge < -0.3 is 19.5 Å². The summed E-state index contributed by atoms with van der Waals surface area (Å²) in [7, 11) is 0. The van der Waals surface area contributed by atoms with Gasteiger partial charge in [-0.3, -0.25) is 0 Å². The van der Waals surface area contributed by atoms with Gasteiger partial charge in [0.25, 0.3) is 0 Å². The third-order valence-corrected chi connectivity index (χ3v) is 5.93. The Morgan fingerprint density at radius 1 is 1.12 bits per heavy atom. The highest BCUT2D eigenvalue weighted by Gasteiger charge is 2.22. The maximum Gasteiger partial charge on any atom is 0.331 e. The number of rotatable bonds is 11. The highest BCUT2D eigenvalue weighted by Crippen LogP contribution is 2.34. The molecule has 1 fully saturated rings. The minimum atomic E-state index is -0.893. The number of anilines is 1. The van der Waals surface area contributed by atoms with E-state index in [1.54, 1.807) is 13.0 Å². The molecule has 1 aliphatic heterocycles. The van der Waals surface area contributed by atoms with Crippen LogP contribution in [0.4, 0.5) is 5.69 Å². The van der Waals surface area contributed by atoms with E-state index in [1.165, 1.54) is 0 Å². The van der Waals surface area contributed by atoms with Crippen LogP contribution in [0.1, 0.15) is 52.0 Å². The minimum Gasteiger partial charge on any atom is -0.491 e. The van der Waals surface area contributed by atoms with E-state index in [2.05, 4.69) is 36.9 Å². The Morgan fingerprint density at radius 2 is 1.88 bits per heavy atom. The van der Waals surface area contributed by atoms with Gasteiger partial charge in [0, 0.05) is 30.5 Å². The maximum atomic E-state index is 11.4. The summed E-state index contributed by atoms with van der Waals surface area (Å²) in [4.78, 5) is 13.8. The molecule has 3 rings (SSSR count). The van der Waals surface area contributed by atoms with Crippen LogP contribution in [0.25, 0.3) is 17.2 Å². The van der Waals surface area contributed by atoms with E-state index in [1.807, 2.05) is 24.3 Å². The zero-order valence-corrected chi connectivity index (χ0v) is 19.5. The van der Waals surface area contributed by atoms with Gasteiger partial charge in [-0.05, 0) is 80.1 Å². The third kappa shape index (κ3) is 6.36. The Morgan fingerprint density at radius 3 is 2.53 bits per heavy atom. The normalized spacial score (nSPS) is 16.4. The summed E-state index contributed by atoms with van der Waals surface area (Å²) in [5, 5.41) is 9.39. The number of unbranched alkanes of at least 4 members (excludes halogenated alkanes) is 1. The van der Waals surface area contributed by atoms with Gasteiger partial charge in [-0.1, -0.05) is 31.5 Å². The smallest absolute Gasteiger partial charge is 0.331 e. The van der Waals surface area contributed by atoms with Crippen molar-refractivity contribution in [3.63, 3.8) is 0 Å². The van der Waals surface area contributed by atoms with Gasteiger partial charge >= 0.3 is 5.97 Å². The first-order valence-electron chi connectivity index (χ1n) is 11.6. The number of carboxylic acid groups (broad SMARTS) is 1. The monoisotopic (exact) mass is 437 g/mol. The zero-order chi connectivity index (χ0) is 22.9. The molecule has 1 atom stereocenters. The molecule has 0 spiro atoms. The summed E-state index contributed by atoms with van der Waals surface area (Å²) in [5.74, 6) is -0.0757. The van der Waals surface area contributed by atoms with Gasteiger partial charge in [-0.2, -0.15) is 0 Å². The summed E-state index contributed by atoms with van der Waals surface area (Å²) < 4.78 is 11.3. The molecule has 2 aromatic rings. The van der Waals surface area contributed by atoms with Gasteiger partial charge in [0.15, 0.2) is 0 Å². The lowest BCUT2D eigenvalue weighted by Gasteiger charge is -2.26. The quantitative estimate of drug-likeness (QED) is 0.344. The van der Waals surface area contributed by atoms with Crippen LogP contribution in [0.2, 0.25) is 0 Å². The van der Waals surface area contributed by atoms with Crippen LogP contribution in [0.3, 0.4) is 0 Å². The van der Waals surface area contributed by atoms with Crippen molar-refractivity contribution in [3.8, 4) is 16.9 Å². The van der Waals surface area contributed by atoms with E-state index in [9.17, 15) is 9.90 Å². The number of carbonyl (C=O) groups is 1. The average Bonchev–Trinajstić information content (AvgIpc) is 3.22. The van der Waals surface area contributed by atoms with Gasteiger partial charge in [-0.15, -0.1) is 0 Å². The maximum absolute atomic E-state index is 11.4. The van der Waals surface area contributed by atoms with Crippen LogP contribution >= 0.6 is 0 Å². The molecular weight excluding hydrogens is 402 g/mol. The molecule has 0 bridgehead atoms. The SMILES string of the molecule is CCCCOCCOc1ccc(-c2ccc(N3CCCC3C)c(/C=C(\C)C(=O)O)c2)cc1. The molecule has 0 radical (unpaired) electrons. The highest BCUT2D eigenvalue weighted by molar-refractivity contribution is 5.93. The number of benzene rings is 2. The Kier molecular flexibility index (Phi) is 8.74. The minimum absolute atomic E-state index is 0.333. The zero-order valence-electron chi connectivity index (χ0n) is 19.5. The molecule has 1 saturated heterocycles. The summed E-state index contributed by atoms with van der Waals surface area (Å²) in [6, 6.07) is 14.8. The van der Waals surface area contributed by atoms with Crippen LogP contribution in [0, 0.1) is 0 Å². The fraction of sp³-hybridized carbons (Fsp3) is 0.444. The summed E-state index contributed by atoms with van der Waals surface area (Å²) >= 11 is 0. The topological polar surface area (TPSA) is 59.0 Å². The van der Waals surface area contributed by atoms with Crippen molar-refractivity contribution in [3.05, 3.63) is 53.6 Å². The van der Waals surface area contributed by atoms with Gasteiger partial charge in [0.1, 0.15) is 12.4 Å². The number of aliphatic carboxylic acids is 1. The Bertz CT molecular complexity index is 920. The van der Waals surface area contributed by atoms with Crippen molar-refractivity contribution in [2.24, 2.45) is 0 Å². The van der Waals surface area contributed by atoms with E-state index in [-0.39, 0.29) is 0 Å². The van der Waals surface area contributed by atoms with Crippen LogP contribution in [0.5, 0.6) is 5.75 Å². The van der Waals surface area contributed by atoms with E-state index in [0.717, 1.165) is 67.0 Å². The second-order valence-corrected chi connectivity index (χ2v) is 8.43. The number of nitrogens with zero attached hydrogens (tertiary/aromatic N) is 1. The summed E-state index contributed by atoms with van der Waals surface area (Å²) in [5.41, 5.74) is 4.50. The molecule has 1 N–H and O–H groups in total. The van der Waals surface area contributed by atoms with Crippen LogP contribution in [-0.2, 0) is 9.53 Å². The Balaban J connectivity index is 1.76. The molecule has 0 saturated carbocycles. The first kappa shape index (κ1) is 23.9. The third-order valence-electron chi connectivity index (χ3n) is 5.93. The first-order chi connectivity index (χ1) is 15.5. The number of hydrogen-bond acceptors (Lipinski definition) is 4. The molecule has 5 nitrogen and oxygen atoms in total. The lowest BCUT2D eigenvalue weighted by atomic mass is 9.99. The predicted molar refractivity (Wildman–Crippen MR) is 130 cm³/mol. The Labute approximate surface area is 191 Å². The average molecular weight is 438 g/mol. The molecule has 32 heavy (non-hydrogen) atoms. The van der Waals surface area contributed by atoms with E-state index >= 15 is 0 Å². The molecule has 1 aliphatic rings. The number of ether oxygens (including phenoxy) is 2. The van der Waals surface area contributed by atoms with Gasteiger partial charge in [0.2, 0.25) is 0 Å².